The van der Waals surface area contributed by atoms with E-state index in [9.17, 15) is 0 Å². The van der Waals surface area contributed by atoms with Crippen LogP contribution in [-0.2, 0) is 27.5 Å². The van der Waals surface area contributed by atoms with E-state index in [-0.39, 0.29) is 71.8 Å². The molecular formula is H4AlLaLiOZr. The summed E-state index contributed by atoms with van der Waals surface area (Å²) in [7, 11) is 0. The van der Waals surface area contributed by atoms with Crippen LogP contribution in [0.5, 0.6) is 0 Å². The van der Waals surface area contributed by atoms with Gasteiger partial charge in [-0.2, -0.15) is 0 Å². The predicted octanol–water partition coefficient (Wildman–Crippen LogP) is -1.95. The first-order valence-electron chi connectivity index (χ1n) is 0.204. The molecule has 5 heteroatoms. The van der Waals surface area contributed by atoms with Crippen LogP contribution in [0.15, 0.2) is 0 Å². The van der Waals surface area contributed by atoms with Gasteiger partial charge in [0.15, 0.2) is 17.4 Å². The molecule has 0 fully saturated rings. The van der Waals surface area contributed by atoms with Gasteiger partial charge in [0.1, 0.15) is 0 Å². The molecule has 21 valence electrons. The fraction of sp³-hybridized carbons (Fsp3) is 0. The molecule has 0 atom stereocenters. The Morgan fingerprint density at radius 1 is 1.20 bits per heavy atom. The van der Waals surface area contributed by atoms with Crippen LogP contribution in [-0.4, -0.2) is 36.2 Å². The molecule has 0 saturated carbocycles. The average Bonchev–Trinajstić information content (AvgIpc) is 1.00. The monoisotopic (exact) mass is 283 g/mol. The summed E-state index contributed by atoms with van der Waals surface area (Å²) in [6.07, 6.45) is 0. The summed E-state index contributed by atoms with van der Waals surface area (Å²) in [6, 6.07) is 0. The van der Waals surface area contributed by atoms with Gasteiger partial charge in [-0.3, -0.25) is 0 Å². The Labute approximate surface area is 97.2 Å². The van der Waals surface area contributed by atoms with Gasteiger partial charge in [0.2, 0.25) is 0 Å². The van der Waals surface area contributed by atoms with Crippen LogP contribution >= 0.6 is 0 Å². The first-order chi connectivity index (χ1) is 1.00. The number of hydrogen-bond donors (Lipinski definition) is 0. The van der Waals surface area contributed by atoms with E-state index in [1.165, 1.54) is 0 Å². The molecule has 0 heterocycles. The van der Waals surface area contributed by atoms with Crippen LogP contribution in [0.2, 0.25) is 0 Å². The van der Waals surface area contributed by atoms with E-state index in [1.807, 2.05) is 0 Å². The van der Waals surface area contributed by atoms with Crippen LogP contribution in [0.25, 0.3) is 0 Å². The normalized spacial score (nSPS) is 0.600. The third-order valence-corrected chi connectivity index (χ3v) is 0. The number of rotatable bonds is 0. The molecule has 1 nitrogen and oxygen atoms in total. The van der Waals surface area contributed by atoms with Crippen LogP contribution in [0.1, 0.15) is 0 Å². The second-order valence-electron chi connectivity index (χ2n) is 0. The van der Waals surface area contributed by atoms with Crippen LogP contribution in [0.4, 0.5) is 0 Å². The molecule has 0 aromatic rings. The van der Waals surface area contributed by atoms with E-state index in [2.05, 4.69) is 0 Å². The van der Waals surface area contributed by atoms with E-state index < -0.39 is 0 Å². The predicted molar refractivity (Wildman–Crippen MR) is 17.8 cm³/mol. The fourth-order valence-electron chi connectivity index (χ4n) is 0. The standard InChI is InChI=1S/Al.La.Li.O.Zr.4H. The Morgan fingerprint density at radius 2 is 1.20 bits per heavy atom. The van der Waals surface area contributed by atoms with Crippen molar-refractivity contribution >= 4 is 36.2 Å². The summed E-state index contributed by atoms with van der Waals surface area (Å²) in [6.45, 7) is 0. The molecular weight excluding hydrogens is 280 g/mol. The molecule has 1 radical (unpaired) electrons. The molecule has 0 spiro atoms. The Kier molecular flexibility index (Phi) is 137. The Hall–Kier alpha value is 3.01. The summed E-state index contributed by atoms with van der Waals surface area (Å²) in [4.78, 5) is 0. The zero-order chi connectivity index (χ0) is 2.00. The van der Waals surface area contributed by atoms with Gasteiger partial charge in [-0.25, -0.2) is 0 Å². The van der Waals surface area contributed by atoms with Gasteiger partial charge in [-0.05, 0) is 0 Å². The van der Waals surface area contributed by atoms with Gasteiger partial charge in [0.25, 0.3) is 0 Å². The van der Waals surface area contributed by atoms with Crippen molar-refractivity contribution in [2.45, 2.75) is 0 Å². The molecule has 0 aliphatic carbocycles. The molecule has 0 saturated heterocycles. The fourth-order valence-corrected chi connectivity index (χ4v) is 0. The van der Waals surface area contributed by atoms with Crippen molar-refractivity contribution in [3.05, 3.63) is 0 Å². The zero-order valence-corrected chi connectivity index (χ0v) is 7.57. The van der Waals surface area contributed by atoms with Crippen molar-refractivity contribution in [2.24, 2.45) is 0 Å². The van der Waals surface area contributed by atoms with Crippen molar-refractivity contribution in [3.63, 3.8) is 0 Å². The summed E-state index contributed by atoms with van der Waals surface area (Å²) in [5.41, 5.74) is 0. The summed E-state index contributed by atoms with van der Waals surface area (Å²) < 4.78 is 8.34. The minimum absolute atomic E-state index is 0. The van der Waals surface area contributed by atoms with E-state index in [0.29, 0.717) is 24.7 Å². The first kappa shape index (κ1) is 24.5. The molecule has 0 aromatic heterocycles. The Balaban J connectivity index is -0.00000000167. The van der Waals surface area contributed by atoms with Gasteiger partial charge < -0.3 is 0 Å². The van der Waals surface area contributed by atoms with Gasteiger partial charge in [0, 0.05) is 35.6 Å². The summed E-state index contributed by atoms with van der Waals surface area (Å²) in [5.74, 6) is 0. The SMILES string of the molecule is [AlH3].[La].[LiH].[O]=[Zr]. The Bertz CT molecular complexity index is 11.6. The molecule has 0 amide bonds. The van der Waals surface area contributed by atoms with Crippen molar-refractivity contribution in [1.29, 1.82) is 0 Å². The molecule has 0 bridgehead atoms. The van der Waals surface area contributed by atoms with Gasteiger partial charge >= 0.3 is 46.4 Å². The first-order valence-corrected chi connectivity index (χ1v) is 1.21. The van der Waals surface area contributed by atoms with E-state index in [4.69, 9.17) is 2.81 Å². The molecule has 0 aromatic carbocycles. The molecule has 0 aliphatic rings. The van der Waals surface area contributed by atoms with E-state index in [0.717, 1.165) is 0 Å². The van der Waals surface area contributed by atoms with Crippen molar-refractivity contribution in [1.82, 2.24) is 0 Å². The van der Waals surface area contributed by atoms with Crippen molar-refractivity contribution in [2.75, 3.05) is 0 Å². The maximum atomic E-state index is 8.34. The number of hydrogen-bond acceptors (Lipinski definition) is 1. The third-order valence-electron chi connectivity index (χ3n) is 0. The summed E-state index contributed by atoms with van der Waals surface area (Å²) in [5, 5.41) is 0. The van der Waals surface area contributed by atoms with E-state index >= 15 is 0 Å². The summed E-state index contributed by atoms with van der Waals surface area (Å²) >= 11 is 0.300. The molecule has 0 aliphatic heterocycles. The minimum atomic E-state index is 0. The third kappa shape index (κ3) is 19.4. The second-order valence-corrected chi connectivity index (χ2v) is 0. The molecule has 0 rings (SSSR count). The van der Waals surface area contributed by atoms with Crippen LogP contribution in [0.3, 0.4) is 0 Å². The maximum absolute atomic E-state index is 8.34. The van der Waals surface area contributed by atoms with Crippen LogP contribution < -0.4 is 0 Å². The Morgan fingerprint density at radius 3 is 1.20 bits per heavy atom. The van der Waals surface area contributed by atoms with Gasteiger partial charge in [-0.1, -0.05) is 0 Å². The molecule has 5 heavy (non-hydrogen) atoms. The molecule has 0 N–H and O–H groups in total. The topological polar surface area (TPSA) is 17.1 Å². The van der Waals surface area contributed by atoms with Crippen molar-refractivity contribution < 1.29 is 63.1 Å². The van der Waals surface area contributed by atoms with Crippen molar-refractivity contribution in [3.8, 4) is 0 Å². The molecule has 0 unspecified atom stereocenters. The second kappa shape index (κ2) is 28.0. The zero-order valence-electron chi connectivity index (χ0n) is 1.49. The van der Waals surface area contributed by atoms with Crippen LogP contribution in [0, 0.1) is 35.6 Å². The average molecular weight is 284 g/mol. The quantitative estimate of drug-likeness (QED) is 0.472. The van der Waals surface area contributed by atoms with Gasteiger partial charge in [0.05, 0.1) is 0 Å². The van der Waals surface area contributed by atoms with Gasteiger partial charge in [-0.15, -0.1) is 0 Å². The van der Waals surface area contributed by atoms with E-state index in [1.54, 1.807) is 0 Å².